The third-order valence-electron chi connectivity index (χ3n) is 7.71. The van der Waals surface area contributed by atoms with Crippen LogP contribution in [0.5, 0.6) is 0 Å². The number of allylic oxidation sites excluding steroid dienone is 1. The highest BCUT2D eigenvalue weighted by atomic mass is 16.4. The van der Waals surface area contributed by atoms with E-state index in [-0.39, 0.29) is 11.5 Å². The summed E-state index contributed by atoms with van der Waals surface area (Å²) in [5.41, 5.74) is 6.25. The quantitative estimate of drug-likeness (QED) is 0.254. The van der Waals surface area contributed by atoms with Crippen LogP contribution in [0.1, 0.15) is 32.6 Å². The van der Waals surface area contributed by atoms with Crippen LogP contribution in [0.25, 0.3) is 11.3 Å². The Labute approximate surface area is 234 Å². The zero-order chi connectivity index (χ0) is 28.2. The van der Waals surface area contributed by atoms with Crippen LogP contribution in [0, 0.1) is 6.92 Å². The number of fused-ring (bicyclic) bond motifs is 1. The molecule has 5 rings (SSSR count). The van der Waals surface area contributed by atoms with E-state index in [2.05, 4.69) is 22.2 Å². The molecule has 0 bridgehead atoms. The number of amides is 1. The summed E-state index contributed by atoms with van der Waals surface area (Å²) in [7, 11) is 2.11. The van der Waals surface area contributed by atoms with Gasteiger partial charge >= 0.3 is 5.97 Å². The number of nitrogens with zero attached hydrogens (tertiary/aromatic N) is 3. The molecule has 0 atom stereocenters. The summed E-state index contributed by atoms with van der Waals surface area (Å²) in [6, 6.07) is 20.3. The molecule has 206 valence electrons. The topological polar surface area (TPSA) is 93.2 Å². The SMILES string of the molecule is Cc1cc(C(=O)O)ccc1/C(C=O)=C(/Nc1ccc2c(c1)CCN2C(=O)CN1CCN(C)CC1)c1ccccc1. The van der Waals surface area contributed by atoms with Crippen LogP contribution in [0.3, 0.4) is 0 Å². The Hall–Kier alpha value is -4.27. The lowest BCUT2D eigenvalue weighted by molar-refractivity contribution is -0.120. The molecule has 3 aromatic carbocycles. The zero-order valence-electron chi connectivity index (χ0n) is 22.9. The van der Waals surface area contributed by atoms with Crippen LogP contribution in [-0.4, -0.2) is 79.4 Å². The number of aldehydes is 1. The summed E-state index contributed by atoms with van der Waals surface area (Å²) in [5.74, 6) is -0.890. The molecule has 40 heavy (non-hydrogen) atoms. The molecule has 2 aliphatic heterocycles. The van der Waals surface area contributed by atoms with Gasteiger partial charge in [-0.15, -0.1) is 0 Å². The van der Waals surface area contributed by atoms with Gasteiger partial charge in [-0.25, -0.2) is 4.79 Å². The summed E-state index contributed by atoms with van der Waals surface area (Å²) in [5, 5.41) is 12.8. The van der Waals surface area contributed by atoms with Crippen LogP contribution >= 0.6 is 0 Å². The number of carbonyl (C=O) groups excluding carboxylic acids is 2. The minimum absolute atomic E-state index is 0.123. The van der Waals surface area contributed by atoms with E-state index in [9.17, 15) is 19.5 Å². The van der Waals surface area contributed by atoms with Gasteiger partial charge in [-0.2, -0.15) is 0 Å². The second-order valence-corrected chi connectivity index (χ2v) is 10.5. The summed E-state index contributed by atoms with van der Waals surface area (Å²) in [4.78, 5) is 43.5. The number of benzene rings is 3. The molecule has 3 aromatic rings. The second kappa shape index (κ2) is 11.9. The van der Waals surface area contributed by atoms with E-state index in [4.69, 9.17) is 0 Å². The molecule has 0 aliphatic carbocycles. The maximum atomic E-state index is 13.2. The van der Waals surface area contributed by atoms with E-state index in [1.807, 2.05) is 53.4 Å². The van der Waals surface area contributed by atoms with Crippen LogP contribution in [0.15, 0.2) is 66.7 Å². The highest BCUT2D eigenvalue weighted by Crippen LogP contribution is 2.34. The average molecular weight is 539 g/mol. The number of hydrogen-bond acceptors (Lipinski definition) is 6. The molecule has 0 unspecified atom stereocenters. The Morgan fingerprint density at radius 3 is 2.35 bits per heavy atom. The number of aromatic carboxylic acids is 1. The Morgan fingerprint density at radius 1 is 0.925 bits per heavy atom. The standard InChI is InChI=1S/C32H34N4O4/c1-22-18-25(32(39)40)8-10-27(22)28(21-37)31(23-6-4-3-5-7-23)33-26-9-11-29-24(19-26)12-13-36(29)30(38)20-35-16-14-34(2)15-17-35/h3-11,18-19,21,33H,12-17,20H2,1-2H3,(H,39,40)/b31-28+. The molecular weight excluding hydrogens is 504 g/mol. The molecule has 0 spiro atoms. The number of piperazine rings is 1. The van der Waals surface area contributed by atoms with Gasteiger partial charge in [0.1, 0.15) is 0 Å². The largest absolute Gasteiger partial charge is 0.478 e. The predicted octanol–water partition coefficient (Wildman–Crippen LogP) is 4.01. The van der Waals surface area contributed by atoms with Crippen molar-refractivity contribution in [2.45, 2.75) is 13.3 Å². The smallest absolute Gasteiger partial charge is 0.335 e. The van der Waals surface area contributed by atoms with Gasteiger partial charge in [0.15, 0.2) is 6.29 Å². The Balaban J connectivity index is 1.43. The maximum Gasteiger partial charge on any atom is 0.335 e. The zero-order valence-corrected chi connectivity index (χ0v) is 22.9. The number of nitrogens with one attached hydrogen (secondary N) is 1. The van der Waals surface area contributed by atoms with E-state index in [1.54, 1.807) is 19.1 Å². The number of likely N-dealkylation sites (N-methyl/N-ethyl adjacent to an activating group) is 1. The number of hydrogen-bond donors (Lipinski definition) is 2. The molecule has 2 aliphatic rings. The monoisotopic (exact) mass is 538 g/mol. The third-order valence-corrected chi connectivity index (χ3v) is 7.71. The molecule has 1 amide bonds. The van der Waals surface area contributed by atoms with Crippen molar-refractivity contribution in [3.05, 3.63) is 94.5 Å². The molecule has 1 fully saturated rings. The first kappa shape index (κ1) is 27.3. The van der Waals surface area contributed by atoms with Gasteiger partial charge in [0.25, 0.3) is 0 Å². The fourth-order valence-corrected chi connectivity index (χ4v) is 5.42. The summed E-state index contributed by atoms with van der Waals surface area (Å²) >= 11 is 0. The number of carboxylic acid groups (broad SMARTS) is 1. The van der Waals surface area contributed by atoms with E-state index < -0.39 is 5.97 Å². The minimum Gasteiger partial charge on any atom is -0.478 e. The number of rotatable bonds is 8. The summed E-state index contributed by atoms with van der Waals surface area (Å²) in [6.07, 6.45) is 1.57. The van der Waals surface area contributed by atoms with E-state index >= 15 is 0 Å². The van der Waals surface area contributed by atoms with E-state index in [0.717, 1.165) is 61.4 Å². The van der Waals surface area contributed by atoms with Crippen molar-refractivity contribution < 1.29 is 19.5 Å². The van der Waals surface area contributed by atoms with Crippen molar-refractivity contribution in [3.63, 3.8) is 0 Å². The number of anilines is 2. The Bertz CT molecular complexity index is 1460. The predicted molar refractivity (Wildman–Crippen MR) is 158 cm³/mol. The number of aryl methyl sites for hydroxylation is 1. The van der Waals surface area contributed by atoms with Gasteiger partial charge < -0.3 is 20.2 Å². The number of carbonyl (C=O) groups is 3. The molecule has 0 saturated carbocycles. The average Bonchev–Trinajstić information content (AvgIpc) is 3.38. The maximum absolute atomic E-state index is 13.2. The molecular formula is C32H34N4O4. The first-order valence-electron chi connectivity index (χ1n) is 13.5. The van der Waals surface area contributed by atoms with Gasteiger partial charge in [0, 0.05) is 49.7 Å². The van der Waals surface area contributed by atoms with Gasteiger partial charge in [0.05, 0.1) is 17.8 Å². The molecule has 8 heteroatoms. The van der Waals surface area contributed by atoms with Crippen molar-refractivity contribution in [2.75, 3.05) is 56.5 Å². The van der Waals surface area contributed by atoms with Crippen molar-refractivity contribution in [1.82, 2.24) is 9.80 Å². The van der Waals surface area contributed by atoms with Crippen LogP contribution in [-0.2, 0) is 16.0 Å². The van der Waals surface area contributed by atoms with Gasteiger partial charge in [-0.1, -0.05) is 36.4 Å². The fourth-order valence-electron chi connectivity index (χ4n) is 5.42. The van der Waals surface area contributed by atoms with E-state index in [0.29, 0.717) is 35.5 Å². The molecule has 0 aromatic heterocycles. The lowest BCUT2D eigenvalue weighted by Crippen LogP contribution is -2.48. The highest BCUT2D eigenvalue weighted by molar-refractivity contribution is 6.19. The van der Waals surface area contributed by atoms with Crippen molar-refractivity contribution in [3.8, 4) is 0 Å². The molecule has 8 nitrogen and oxygen atoms in total. The molecule has 2 N–H and O–H groups in total. The first-order chi connectivity index (χ1) is 19.3. The lowest BCUT2D eigenvalue weighted by Gasteiger charge is -2.32. The normalized spacial score (nSPS) is 16.3. The van der Waals surface area contributed by atoms with E-state index in [1.165, 1.54) is 6.07 Å². The van der Waals surface area contributed by atoms with Crippen molar-refractivity contribution >= 4 is 40.8 Å². The van der Waals surface area contributed by atoms with Crippen LogP contribution in [0.2, 0.25) is 0 Å². The first-order valence-corrected chi connectivity index (χ1v) is 13.5. The lowest BCUT2D eigenvalue weighted by atomic mass is 9.95. The number of carboxylic acids is 1. The van der Waals surface area contributed by atoms with Crippen LogP contribution in [0.4, 0.5) is 11.4 Å². The van der Waals surface area contributed by atoms with Gasteiger partial charge in [-0.3, -0.25) is 14.5 Å². The van der Waals surface area contributed by atoms with Gasteiger partial charge in [0.2, 0.25) is 5.91 Å². The van der Waals surface area contributed by atoms with Crippen molar-refractivity contribution in [1.29, 1.82) is 0 Å². The minimum atomic E-state index is -1.01. The Kier molecular flexibility index (Phi) is 8.09. The van der Waals surface area contributed by atoms with Crippen LogP contribution < -0.4 is 10.2 Å². The summed E-state index contributed by atoms with van der Waals surface area (Å²) < 4.78 is 0. The third kappa shape index (κ3) is 5.83. The highest BCUT2D eigenvalue weighted by Gasteiger charge is 2.27. The molecule has 0 radical (unpaired) electrons. The summed E-state index contributed by atoms with van der Waals surface area (Å²) in [6.45, 7) is 6.63. The fraction of sp³-hybridized carbons (Fsp3) is 0.281. The van der Waals surface area contributed by atoms with Gasteiger partial charge in [-0.05, 0) is 73.0 Å². The Morgan fingerprint density at radius 2 is 1.68 bits per heavy atom. The second-order valence-electron chi connectivity index (χ2n) is 10.5. The molecule has 2 heterocycles. The molecule has 1 saturated heterocycles. The van der Waals surface area contributed by atoms with Crippen molar-refractivity contribution in [2.24, 2.45) is 0 Å².